The van der Waals surface area contributed by atoms with Gasteiger partial charge in [-0.2, -0.15) is 0 Å². The molecule has 18 heavy (non-hydrogen) atoms. The summed E-state index contributed by atoms with van der Waals surface area (Å²) in [6, 6.07) is 10.7. The molecule has 0 bridgehead atoms. The summed E-state index contributed by atoms with van der Waals surface area (Å²) in [7, 11) is 0. The summed E-state index contributed by atoms with van der Waals surface area (Å²) in [6.07, 6.45) is 2.27. The molecule has 0 saturated carbocycles. The van der Waals surface area contributed by atoms with E-state index in [1.807, 2.05) is 0 Å². The number of hydrogen-bond acceptors (Lipinski definition) is 2. The Morgan fingerprint density at radius 2 is 2.11 bits per heavy atom. The monoisotopic (exact) mass is 246 g/mol. The topological polar surface area (TPSA) is 46.3 Å². The highest BCUT2D eigenvalue weighted by molar-refractivity contribution is 5.75. The summed E-state index contributed by atoms with van der Waals surface area (Å²) >= 11 is 0. The van der Waals surface area contributed by atoms with Crippen LogP contribution in [0.3, 0.4) is 0 Å². The maximum atomic E-state index is 11.0. The second-order valence-electron chi connectivity index (χ2n) is 5.18. The largest absolute Gasteiger partial charge is 0.369 e. The summed E-state index contributed by atoms with van der Waals surface area (Å²) in [4.78, 5) is 13.2. The van der Waals surface area contributed by atoms with E-state index in [-0.39, 0.29) is 5.91 Å². The SMILES string of the molecule is CCC1CN(CC(N)=O)CCC1c1ccccc1. The zero-order valence-electron chi connectivity index (χ0n) is 11.0. The summed E-state index contributed by atoms with van der Waals surface area (Å²) in [5, 5.41) is 0. The molecule has 0 aliphatic carbocycles. The average molecular weight is 246 g/mol. The minimum atomic E-state index is -0.219. The molecule has 1 heterocycles. The van der Waals surface area contributed by atoms with Crippen LogP contribution in [0.5, 0.6) is 0 Å². The van der Waals surface area contributed by atoms with E-state index in [2.05, 4.69) is 42.2 Å². The molecule has 0 spiro atoms. The highest BCUT2D eigenvalue weighted by Crippen LogP contribution is 2.34. The summed E-state index contributed by atoms with van der Waals surface area (Å²) in [5.41, 5.74) is 6.71. The molecule has 1 aromatic carbocycles. The second-order valence-corrected chi connectivity index (χ2v) is 5.18. The van der Waals surface area contributed by atoms with Gasteiger partial charge in [0, 0.05) is 6.54 Å². The molecule has 2 rings (SSSR count). The number of nitrogens with two attached hydrogens (primary N) is 1. The molecule has 1 amide bonds. The van der Waals surface area contributed by atoms with Crippen LogP contribution in [0, 0.1) is 5.92 Å². The average Bonchev–Trinajstić information content (AvgIpc) is 2.39. The first-order valence-corrected chi connectivity index (χ1v) is 6.76. The summed E-state index contributed by atoms with van der Waals surface area (Å²) in [5.74, 6) is 1.03. The number of benzene rings is 1. The molecule has 3 nitrogen and oxygen atoms in total. The molecule has 3 heteroatoms. The van der Waals surface area contributed by atoms with E-state index in [1.165, 1.54) is 5.56 Å². The van der Waals surface area contributed by atoms with Crippen molar-refractivity contribution in [3.05, 3.63) is 35.9 Å². The van der Waals surface area contributed by atoms with Gasteiger partial charge in [-0.25, -0.2) is 0 Å². The van der Waals surface area contributed by atoms with Gasteiger partial charge in [0.1, 0.15) is 0 Å². The van der Waals surface area contributed by atoms with Gasteiger partial charge in [-0.05, 0) is 30.4 Å². The molecule has 0 aromatic heterocycles. The molecule has 1 saturated heterocycles. The van der Waals surface area contributed by atoms with Crippen molar-refractivity contribution < 1.29 is 4.79 Å². The van der Waals surface area contributed by atoms with Crippen LogP contribution >= 0.6 is 0 Å². The molecule has 1 fully saturated rings. The smallest absolute Gasteiger partial charge is 0.231 e. The maximum absolute atomic E-state index is 11.0. The van der Waals surface area contributed by atoms with E-state index in [0.29, 0.717) is 18.4 Å². The molecular weight excluding hydrogens is 224 g/mol. The molecule has 1 aliphatic rings. The fourth-order valence-corrected chi connectivity index (χ4v) is 3.02. The molecule has 2 N–H and O–H groups in total. The first-order valence-electron chi connectivity index (χ1n) is 6.76. The van der Waals surface area contributed by atoms with Crippen molar-refractivity contribution in [2.75, 3.05) is 19.6 Å². The van der Waals surface area contributed by atoms with Crippen molar-refractivity contribution in [2.45, 2.75) is 25.7 Å². The van der Waals surface area contributed by atoms with E-state index in [4.69, 9.17) is 5.73 Å². The van der Waals surface area contributed by atoms with Gasteiger partial charge >= 0.3 is 0 Å². The number of nitrogens with zero attached hydrogens (tertiary/aromatic N) is 1. The lowest BCUT2D eigenvalue weighted by Crippen LogP contribution is -2.43. The Morgan fingerprint density at radius 3 is 2.72 bits per heavy atom. The quantitative estimate of drug-likeness (QED) is 0.883. The van der Waals surface area contributed by atoms with Crippen LogP contribution < -0.4 is 5.73 Å². The fraction of sp³-hybridized carbons (Fsp3) is 0.533. The van der Waals surface area contributed by atoms with Crippen molar-refractivity contribution >= 4 is 5.91 Å². The molecule has 2 atom stereocenters. The normalized spacial score (nSPS) is 24.9. The number of piperidine rings is 1. The molecule has 1 aliphatic heterocycles. The Labute approximate surface area is 109 Å². The molecule has 2 unspecified atom stereocenters. The number of amides is 1. The minimum Gasteiger partial charge on any atom is -0.369 e. The third-order valence-corrected chi connectivity index (χ3v) is 3.95. The van der Waals surface area contributed by atoms with Gasteiger partial charge in [0.2, 0.25) is 5.91 Å². The number of hydrogen-bond donors (Lipinski definition) is 1. The number of primary amides is 1. The van der Waals surface area contributed by atoms with Crippen molar-refractivity contribution in [2.24, 2.45) is 11.7 Å². The minimum absolute atomic E-state index is 0.219. The highest BCUT2D eigenvalue weighted by atomic mass is 16.1. The van der Waals surface area contributed by atoms with Crippen LogP contribution in [0.25, 0.3) is 0 Å². The molecular formula is C15H22N2O. The Balaban J connectivity index is 2.04. The Morgan fingerprint density at radius 1 is 1.39 bits per heavy atom. The Bertz CT molecular complexity index is 391. The summed E-state index contributed by atoms with van der Waals surface area (Å²) < 4.78 is 0. The molecule has 0 radical (unpaired) electrons. The standard InChI is InChI=1S/C15H22N2O/c1-2-12-10-17(11-15(16)18)9-8-14(12)13-6-4-3-5-7-13/h3-7,12,14H,2,8-11H2,1H3,(H2,16,18). The van der Waals surface area contributed by atoms with Gasteiger partial charge in [-0.3, -0.25) is 9.69 Å². The highest BCUT2D eigenvalue weighted by Gasteiger charge is 2.29. The van der Waals surface area contributed by atoms with Crippen molar-refractivity contribution in [3.63, 3.8) is 0 Å². The fourth-order valence-electron chi connectivity index (χ4n) is 3.02. The first-order chi connectivity index (χ1) is 8.70. The van der Waals surface area contributed by atoms with Crippen LogP contribution in [0.1, 0.15) is 31.2 Å². The van der Waals surface area contributed by atoms with Crippen LogP contribution in [-0.2, 0) is 4.79 Å². The molecule has 1 aromatic rings. The third kappa shape index (κ3) is 3.10. The lowest BCUT2D eigenvalue weighted by atomic mass is 9.79. The van der Waals surface area contributed by atoms with Crippen LogP contribution in [0.15, 0.2) is 30.3 Å². The van der Waals surface area contributed by atoms with Crippen LogP contribution in [0.4, 0.5) is 0 Å². The molecule has 98 valence electrons. The second kappa shape index (κ2) is 6.01. The lowest BCUT2D eigenvalue weighted by molar-refractivity contribution is -0.119. The van der Waals surface area contributed by atoms with E-state index in [9.17, 15) is 4.79 Å². The van der Waals surface area contributed by atoms with Gasteiger partial charge in [-0.15, -0.1) is 0 Å². The third-order valence-electron chi connectivity index (χ3n) is 3.95. The zero-order valence-corrected chi connectivity index (χ0v) is 11.0. The zero-order chi connectivity index (χ0) is 13.0. The van der Waals surface area contributed by atoms with E-state index in [1.54, 1.807) is 0 Å². The van der Waals surface area contributed by atoms with Crippen molar-refractivity contribution in [3.8, 4) is 0 Å². The first kappa shape index (κ1) is 13.1. The summed E-state index contributed by atoms with van der Waals surface area (Å²) in [6.45, 7) is 4.59. The van der Waals surface area contributed by atoms with Crippen molar-refractivity contribution in [1.82, 2.24) is 4.90 Å². The maximum Gasteiger partial charge on any atom is 0.231 e. The van der Waals surface area contributed by atoms with Crippen LogP contribution in [0.2, 0.25) is 0 Å². The predicted molar refractivity (Wildman–Crippen MR) is 73.2 cm³/mol. The van der Waals surface area contributed by atoms with Gasteiger partial charge in [-0.1, -0.05) is 43.7 Å². The number of likely N-dealkylation sites (tertiary alicyclic amines) is 1. The predicted octanol–water partition coefficient (Wildman–Crippen LogP) is 1.99. The number of carbonyl (C=O) groups excluding carboxylic acids is 1. The van der Waals surface area contributed by atoms with Gasteiger partial charge in [0.25, 0.3) is 0 Å². The van der Waals surface area contributed by atoms with Gasteiger partial charge < -0.3 is 5.73 Å². The van der Waals surface area contributed by atoms with Gasteiger partial charge in [0.15, 0.2) is 0 Å². The Hall–Kier alpha value is -1.35. The lowest BCUT2D eigenvalue weighted by Gasteiger charge is -2.38. The number of rotatable bonds is 4. The van der Waals surface area contributed by atoms with E-state index in [0.717, 1.165) is 25.9 Å². The Kier molecular flexibility index (Phi) is 4.37. The van der Waals surface area contributed by atoms with Crippen LogP contribution in [-0.4, -0.2) is 30.4 Å². The number of carbonyl (C=O) groups is 1. The van der Waals surface area contributed by atoms with Crippen molar-refractivity contribution in [1.29, 1.82) is 0 Å². The van der Waals surface area contributed by atoms with E-state index < -0.39 is 0 Å². The van der Waals surface area contributed by atoms with Gasteiger partial charge in [0.05, 0.1) is 6.54 Å². The van der Waals surface area contributed by atoms with E-state index >= 15 is 0 Å².